The zero-order valence-electron chi connectivity index (χ0n) is 8.33. The van der Waals surface area contributed by atoms with Crippen molar-refractivity contribution >= 4 is 39.0 Å². The molecule has 0 aliphatic carbocycles. The van der Waals surface area contributed by atoms with E-state index in [2.05, 4.69) is 32.7 Å². The lowest BCUT2D eigenvalue weighted by Gasteiger charge is -2.21. The molecule has 0 bridgehead atoms. The molecule has 2 rings (SSSR count). The molecule has 1 aliphatic rings. The summed E-state index contributed by atoms with van der Waals surface area (Å²) in [7, 11) is 0. The maximum Gasteiger partial charge on any atom is 0.0869 e. The maximum atomic E-state index is 10.1. The fourth-order valence-corrected chi connectivity index (χ4v) is 4.35. The second-order valence-electron chi connectivity index (χ2n) is 3.82. The van der Waals surface area contributed by atoms with Gasteiger partial charge in [0.15, 0.2) is 0 Å². The molecule has 0 spiro atoms. The standard InChI is InChI=1S/C10H14BrNOS2/c11-8-1-3-15-9(8)5-12-6-10(13)2-4-14-7-10/h1,3,12-13H,2,4-7H2/t10-/m0/s1. The Kier molecular flexibility index (Phi) is 4.12. The molecule has 1 aromatic heterocycles. The quantitative estimate of drug-likeness (QED) is 0.896. The Bertz CT molecular complexity index is 323. The fraction of sp³-hybridized carbons (Fsp3) is 0.600. The van der Waals surface area contributed by atoms with E-state index in [0.29, 0.717) is 6.54 Å². The van der Waals surface area contributed by atoms with Crippen molar-refractivity contribution in [2.24, 2.45) is 0 Å². The van der Waals surface area contributed by atoms with Gasteiger partial charge in [0.2, 0.25) is 0 Å². The summed E-state index contributed by atoms with van der Waals surface area (Å²) >= 11 is 7.07. The summed E-state index contributed by atoms with van der Waals surface area (Å²) in [4.78, 5) is 1.30. The molecule has 0 saturated carbocycles. The highest BCUT2D eigenvalue weighted by atomic mass is 79.9. The van der Waals surface area contributed by atoms with Crippen LogP contribution < -0.4 is 5.32 Å². The summed E-state index contributed by atoms with van der Waals surface area (Å²) in [6.45, 7) is 1.54. The lowest BCUT2D eigenvalue weighted by Crippen LogP contribution is -2.40. The van der Waals surface area contributed by atoms with Crippen LogP contribution in [0.5, 0.6) is 0 Å². The molecule has 1 aliphatic heterocycles. The number of nitrogens with one attached hydrogen (secondary N) is 1. The first-order valence-corrected chi connectivity index (χ1v) is 7.75. The summed E-state index contributed by atoms with van der Waals surface area (Å²) in [6, 6.07) is 2.06. The van der Waals surface area contributed by atoms with Crippen LogP contribution in [0.1, 0.15) is 11.3 Å². The maximum absolute atomic E-state index is 10.1. The van der Waals surface area contributed by atoms with E-state index in [-0.39, 0.29) is 0 Å². The Morgan fingerprint density at radius 1 is 1.60 bits per heavy atom. The molecule has 0 radical (unpaired) electrons. The Labute approximate surface area is 107 Å². The molecule has 15 heavy (non-hydrogen) atoms. The number of rotatable bonds is 4. The van der Waals surface area contributed by atoms with E-state index in [0.717, 1.165) is 28.9 Å². The molecular weight excluding hydrogens is 294 g/mol. The van der Waals surface area contributed by atoms with Crippen LogP contribution in [0.4, 0.5) is 0 Å². The first-order valence-electron chi connectivity index (χ1n) is 4.92. The second kappa shape index (κ2) is 5.19. The number of hydrogen-bond donors (Lipinski definition) is 2. The van der Waals surface area contributed by atoms with E-state index in [1.165, 1.54) is 4.88 Å². The zero-order valence-corrected chi connectivity index (χ0v) is 11.6. The van der Waals surface area contributed by atoms with Crippen LogP contribution in [0, 0.1) is 0 Å². The Morgan fingerprint density at radius 3 is 3.07 bits per heavy atom. The molecule has 0 amide bonds. The van der Waals surface area contributed by atoms with Gasteiger partial charge in [-0.05, 0) is 39.6 Å². The van der Waals surface area contributed by atoms with E-state index in [1.54, 1.807) is 11.3 Å². The molecule has 2 heterocycles. The van der Waals surface area contributed by atoms with E-state index in [4.69, 9.17) is 0 Å². The molecule has 1 aromatic rings. The third kappa shape index (κ3) is 3.20. The summed E-state index contributed by atoms with van der Waals surface area (Å²) in [5.74, 6) is 1.95. The van der Waals surface area contributed by atoms with Gasteiger partial charge in [-0.2, -0.15) is 11.8 Å². The highest BCUT2D eigenvalue weighted by Crippen LogP contribution is 2.27. The van der Waals surface area contributed by atoms with Gasteiger partial charge in [-0.15, -0.1) is 11.3 Å². The van der Waals surface area contributed by atoms with Crippen molar-refractivity contribution in [3.8, 4) is 0 Å². The highest BCUT2D eigenvalue weighted by molar-refractivity contribution is 9.10. The van der Waals surface area contributed by atoms with Gasteiger partial charge in [-0.3, -0.25) is 0 Å². The third-order valence-corrected chi connectivity index (χ3v) is 5.67. The smallest absolute Gasteiger partial charge is 0.0869 e. The minimum Gasteiger partial charge on any atom is -0.388 e. The van der Waals surface area contributed by atoms with Crippen molar-refractivity contribution in [3.63, 3.8) is 0 Å². The van der Waals surface area contributed by atoms with Crippen molar-refractivity contribution in [1.82, 2.24) is 5.32 Å². The SMILES string of the molecule is O[C@]1(CNCc2sccc2Br)CCSC1. The Morgan fingerprint density at radius 2 is 2.47 bits per heavy atom. The lowest BCUT2D eigenvalue weighted by atomic mass is 10.0. The van der Waals surface area contributed by atoms with Gasteiger partial charge in [0, 0.05) is 28.2 Å². The van der Waals surface area contributed by atoms with Crippen LogP contribution in [0.25, 0.3) is 0 Å². The molecule has 5 heteroatoms. The van der Waals surface area contributed by atoms with Gasteiger partial charge in [-0.25, -0.2) is 0 Å². The van der Waals surface area contributed by atoms with Crippen LogP contribution >= 0.6 is 39.0 Å². The van der Waals surface area contributed by atoms with Crippen molar-refractivity contribution in [2.75, 3.05) is 18.1 Å². The van der Waals surface area contributed by atoms with Gasteiger partial charge in [0.1, 0.15) is 0 Å². The van der Waals surface area contributed by atoms with Gasteiger partial charge in [0.05, 0.1) is 5.60 Å². The minimum absolute atomic E-state index is 0.478. The van der Waals surface area contributed by atoms with E-state index < -0.39 is 5.60 Å². The normalized spacial score (nSPS) is 26.0. The fourth-order valence-electron chi connectivity index (χ4n) is 1.60. The predicted molar refractivity (Wildman–Crippen MR) is 70.6 cm³/mol. The van der Waals surface area contributed by atoms with Crippen LogP contribution in [-0.4, -0.2) is 28.8 Å². The average Bonchev–Trinajstić information content (AvgIpc) is 2.78. The molecule has 0 aromatic carbocycles. The highest BCUT2D eigenvalue weighted by Gasteiger charge is 2.30. The largest absolute Gasteiger partial charge is 0.388 e. The number of aliphatic hydroxyl groups is 1. The summed E-state index contributed by atoms with van der Waals surface area (Å²) in [5.41, 5.74) is -0.478. The Balaban J connectivity index is 1.77. The van der Waals surface area contributed by atoms with Crippen LogP contribution in [0.2, 0.25) is 0 Å². The summed E-state index contributed by atoms with van der Waals surface area (Å²) in [5, 5.41) is 15.5. The van der Waals surface area contributed by atoms with E-state index in [9.17, 15) is 5.11 Å². The van der Waals surface area contributed by atoms with Crippen LogP contribution in [-0.2, 0) is 6.54 Å². The van der Waals surface area contributed by atoms with Gasteiger partial charge < -0.3 is 10.4 Å². The molecule has 1 saturated heterocycles. The Hall–Kier alpha value is 0.450. The van der Waals surface area contributed by atoms with Gasteiger partial charge in [-0.1, -0.05) is 0 Å². The molecular formula is C10H14BrNOS2. The first-order chi connectivity index (χ1) is 7.20. The molecule has 2 N–H and O–H groups in total. The molecule has 1 fully saturated rings. The number of thiophene rings is 1. The second-order valence-corrected chi connectivity index (χ2v) is 6.78. The van der Waals surface area contributed by atoms with E-state index in [1.807, 2.05) is 11.8 Å². The van der Waals surface area contributed by atoms with Gasteiger partial charge in [0.25, 0.3) is 0 Å². The number of thioether (sulfide) groups is 1. The van der Waals surface area contributed by atoms with Crippen molar-refractivity contribution in [3.05, 3.63) is 20.8 Å². The molecule has 1 atom stereocenters. The first kappa shape index (κ1) is 11.9. The topological polar surface area (TPSA) is 32.3 Å². The van der Waals surface area contributed by atoms with Crippen LogP contribution in [0.3, 0.4) is 0 Å². The molecule has 2 nitrogen and oxygen atoms in total. The zero-order chi connectivity index (χ0) is 10.7. The number of halogens is 1. The minimum atomic E-state index is -0.478. The number of hydrogen-bond acceptors (Lipinski definition) is 4. The summed E-state index contributed by atoms with van der Waals surface area (Å²) < 4.78 is 1.16. The third-order valence-electron chi connectivity index (χ3n) is 2.51. The van der Waals surface area contributed by atoms with E-state index >= 15 is 0 Å². The summed E-state index contributed by atoms with van der Waals surface area (Å²) in [6.07, 6.45) is 0.913. The molecule has 84 valence electrons. The monoisotopic (exact) mass is 307 g/mol. The average molecular weight is 308 g/mol. The predicted octanol–water partition coefficient (Wildman–Crippen LogP) is 2.47. The lowest BCUT2D eigenvalue weighted by molar-refractivity contribution is 0.0675. The van der Waals surface area contributed by atoms with Crippen LogP contribution in [0.15, 0.2) is 15.9 Å². The van der Waals surface area contributed by atoms with Crippen molar-refractivity contribution in [2.45, 2.75) is 18.6 Å². The van der Waals surface area contributed by atoms with Crippen molar-refractivity contribution in [1.29, 1.82) is 0 Å². The molecule has 0 unspecified atom stereocenters. The van der Waals surface area contributed by atoms with Crippen molar-refractivity contribution < 1.29 is 5.11 Å². The van der Waals surface area contributed by atoms with Gasteiger partial charge >= 0.3 is 0 Å².